The lowest BCUT2D eigenvalue weighted by Gasteiger charge is -2.20. The lowest BCUT2D eigenvalue weighted by Crippen LogP contribution is -2.16. The Bertz CT molecular complexity index is 1420. The molecule has 1 N–H and O–H groups in total. The first-order valence-electron chi connectivity index (χ1n) is 10.5. The second-order valence-electron chi connectivity index (χ2n) is 7.86. The molecule has 0 saturated carbocycles. The molecule has 0 spiro atoms. The molecule has 6 heteroatoms. The topological polar surface area (TPSA) is 55.1 Å². The van der Waals surface area contributed by atoms with Crippen LogP contribution in [0.15, 0.2) is 90.2 Å². The largest absolute Gasteiger partial charge is 0.352 e. The van der Waals surface area contributed by atoms with Crippen molar-refractivity contribution in [2.45, 2.75) is 19.9 Å². The highest BCUT2D eigenvalue weighted by Crippen LogP contribution is 2.30. The number of halogens is 1. The van der Waals surface area contributed by atoms with Crippen LogP contribution < -0.4 is 10.7 Å². The summed E-state index contributed by atoms with van der Waals surface area (Å²) in [6.45, 7) is 4.15. The summed E-state index contributed by atoms with van der Waals surface area (Å²) in [4.78, 5) is 14.1. The zero-order valence-electron chi connectivity index (χ0n) is 17.8. The van der Waals surface area contributed by atoms with E-state index in [-0.39, 0.29) is 6.04 Å². The molecule has 0 radical (unpaired) electrons. The SMILES string of the molecule is CC(C)/N=c1/cc2n(-c3ccc(Cl)cc3)c3ccccc3nc-2cc1Nc1cccnc1. The minimum atomic E-state index is 0.138. The summed E-state index contributed by atoms with van der Waals surface area (Å²) in [7, 11) is 0. The summed E-state index contributed by atoms with van der Waals surface area (Å²) in [6, 6.07) is 24.2. The van der Waals surface area contributed by atoms with Crippen molar-refractivity contribution in [3.8, 4) is 17.1 Å². The third-order valence-electron chi connectivity index (χ3n) is 5.12. The Hall–Kier alpha value is -3.70. The maximum Gasteiger partial charge on any atom is 0.0900 e. The first-order chi connectivity index (χ1) is 15.6. The molecule has 1 aliphatic carbocycles. The third kappa shape index (κ3) is 3.95. The van der Waals surface area contributed by atoms with Gasteiger partial charge in [0.25, 0.3) is 0 Å². The van der Waals surface area contributed by atoms with E-state index < -0.39 is 0 Å². The Kier molecular flexibility index (Phi) is 5.33. The highest BCUT2D eigenvalue weighted by Gasteiger charge is 2.16. The highest BCUT2D eigenvalue weighted by molar-refractivity contribution is 6.30. The average Bonchev–Trinajstić information content (AvgIpc) is 2.79. The molecular weight excluding hydrogens is 418 g/mol. The van der Waals surface area contributed by atoms with Gasteiger partial charge < -0.3 is 9.88 Å². The van der Waals surface area contributed by atoms with Crippen LogP contribution in [0.3, 0.4) is 0 Å². The Morgan fingerprint density at radius 2 is 1.78 bits per heavy atom. The van der Waals surface area contributed by atoms with E-state index in [2.05, 4.69) is 46.9 Å². The fourth-order valence-electron chi connectivity index (χ4n) is 3.79. The number of pyridine rings is 1. The van der Waals surface area contributed by atoms with Gasteiger partial charge in [-0.3, -0.25) is 9.98 Å². The molecule has 32 heavy (non-hydrogen) atoms. The van der Waals surface area contributed by atoms with Crippen molar-refractivity contribution in [3.05, 3.63) is 95.6 Å². The zero-order chi connectivity index (χ0) is 22.1. The van der Waals surface area contributed by atoms with Gasteiger partial charge in [0.1, 0.15) is 0 Å². The molecule has 0 atom stereocenters. The summed E-state index contributed by atoms with van der Waals surface area (Å²) in [6.07, 6.45) is 3.55. The van der Waals surface area contributed by atoms with Crippen molar-refractivity contribution >= 4 is 34.0 Å². The molecule has 0 bridgehead atoms. The highest BCUT2D eigenvalue weighted by atomic mass is 35.5. The number of hydrogen-bond acceptors (Lipinski definition) is 4. The van der Waals surface area contributed by atoms with Crippen LogP contribution >= 0.6 is 11.6 Å². The number of rotatable bonds is 4. The van der Waals surface area contributed by atoms with Gasteiger partial charge in [-0.1, -0.05) is 23.7 Å². The molecule has 0 fully saturated rings. The second-order valence-corrected chi connectivity index (χ2v) is 8.30. The summed E-state index contributed by atoms with van der Waals surface area (Å²) in [5.41, 5.74) is 6.58. The monoisotopic (exact) mass is 439 g/mol. The van der Waals surface area contributed by atoms with Gasteiger partial charge in [0.2, 0.25) is 0 Å². The lowest BCUT2D eigenvalue weighted by atomic mass is 10.1. The third-order valence-corrected chi connectivity index (χ3v) is 5.37. The minimum absolute atomic E-state index is 0.138. The van der Waals surface area contributed by atoms with Crippen LogP contribution in [0, 0.1) is 0 Å². The number of aromatic nitrogens is 3. The summed E-state index contributed by atoms with van der Waals surface area (Å²) < 4.78 is 2.21. The van der Waals surface area contributed by atoms with Crippen molar-refractivity contribution in [2.24, 2.45) is 4.99 Å². The van der Waals surface area contributed by atoms with Gasteiger partial charge in [0.15, 0.2) is 0 Å². The molecule has 3 aromatic rings. The van der Waals surface area contributed by atoms with Crippen molar-refractivity contribution in [3.63, 3.8) is 0 Å². The molecule has 2 aliphatic rings. The van der Waals surface area contributed by atoms with Crippen LogP contribution in [0.5, 0.6) is 0 Å². The second kappa shape index (κ2) is 8.44. The molecule has 5 rings (SSSR count). The molecule has 158 valence electrons. The van der Waals surface area contributed by atoms with Gasteiger partial charge in [0.05, 0.1) is 45.4 Å². The van der Waals surface area contributed by atoms with Crippen LogP contribution in [-0.2, 0) is 0 Å². The van der Waals surface area contributed by atoms with Gasteiger partial charge in [-0.25, -0.2) is 4.98 Å². The van der Waals surface area contributed by atoms with E-state index in [1.807, 2.05) is 54.6 Å². The summed E-state index contributed by atoms with van der Waals surface area (Å²) in [5.74, 6) is 0. The van der Waals surface area contributed by atoms with Gasteiger partial charge in [0, 0.05) is 22.9 Å². The predicted octanol–water partition coefficient (Wildman–Crippen LogP) is 6.23. The summed E-state index contributed by atoms with van der Waals surface area (Å²) >= 11 is 6.17. The molecule has 1 aliphatic heterocycles. The van der Waals surface area contributed by atoms with Gasteiger partial charge in [-0.15, -0.1) is 0 Å². The molecular formula is C26H22ClN5. The van der Waals surface area contributed by atoms with Gasteiger partial charge in [-0.2, -0.15) is 0 Å². The maximum atomic E-state index is 6.17. The fraction of sp³-hybridized carbons (Fsp3) is 0.115. The molecule has 0 unspecified atom stereocenters. The van der Waals surface area contributed by atoms with Crippen LogP contribution in [0.4, 0.5) is 11.4 Å². The molecule has 0 amide bonds. The van der Waals surface area contributed by atoms with E-state index >= 15 is 0 Å². The lowest BCUT2D eigenvalue weighted by molar-refractivity contribution is 0.806. The number of para-hydroxylation sites is 2. The average molecular weight is 440 g/mol. The molecule has 2 aromatic carbocycles. The van der Waals surface area contributed by atoms with E-state index in [4.69, 9.17) is 21.6 Å². The van der Waals surface area contributed by atoms with Crippen molar-refractivity contribution < 1.29 is 0 Å². The number of nitrogens with one attached hydrogen (secondary N) is 1. The standard InChI is InChI=1S/C26H22ClN5/c1-17(2)29-23-15-26-24(14-22(23)30-19-6-5-13-28-16-19)31-21-7-3-4-8-25(21)32(26)20-11-9-18(27)10-12-20/h3-17,30H,1-2H3/b29-23-. The number of benzene rings is 3. The van der Waals surface area contributed by atoms with E-state index in [0.29, 0.717) is 5.02 Å². The number of nitrogens with zero attached hydrogens (tertiary/aromatic N) is 4. The number of fused-ring (bicyclic) bond motifs is 2. The quantitative estimate of drug-likeness (QED) is 0.337. The van der Waals surface area contributed by atoms with Crippen LogP contribution in [-0.4, -0.2) is 20.6 Å². The molecule has 1 aromatic heterocycles. The van der Waals surface area contributed by atoms with E-state index in [9.17, 15) is 0 Å². The van der Waals surface area contributed by atoms with Gasteiger partial charge in [-0.05, 0) is 74.5 Å². The van der Waals surface area contributed by atoms with E-state index in [1.165, 1.54) is 0 Å². The van der Waals surface area contributed by atoms with Crippen molar-refractivity contribution in [1.29, 1.82) is 0 Å². The van der Waals surface area contributed by atoms with Gasteiger partial charge >= 0.3 is 0 Å². The Labute approximate surface area is 191 Å². The van der Waals surface area contributed by atoms with E-state index in [0.717, 1.165) is 44.8 Å². The Morgan fingerprint density at radius 1 is 0.969 bits per heavy atom. The Balaban J connectivity index is 1.83. The maximum absolute atomic E-state index is 6.17. The fourth-order valence-corrected chi connectivity index (χ4v) is 3.91. The zero-order valence-corrected chi connectivity index (χ0v) is 18.6. The predicted molar refractivity (Wildman–Crippen MR) is 131 cm³/mol. The van der Waals surface area contributed by atoms with Crippen LogP contribution in [0.25, 0.3) is 28.1 Å². The molecule has 2 heterocycles. The molecule has 5 nitrogen and oxygen atoms in total. The smallest absolute Gasteiger partial charge is 0.0900 e. The minimum Gasteiger partial charge on any atom is -0.352 e. The van der Waals surface area contributed by atoms with E-state index in [1.54, 1.807) is 12.4 Å². The number of hydrogen-bond donors (Lipinski definition) is 1. The van der Waals surface area contributed by atoms with Crippen molar-refractivity contribution in [2.75, 3.05) is 5.32 Å². The van der Waals surface area contributed by atoms with Crippen LogP contribution in [0.1, 0.15) is 13.8 Å². The summed E-state index contributed by atoms with van der Waals surface area (Å²) in [5, 5.41) is 5.04. The molecule has 0 saturated heterocycles. The van der Waals surface area contributed by atoms with Crippen molar-refractivity contribution in [1.82, 2.24) is 14.5 Å². The Morgan fingerprint density at radius 3 is 2.53 bits per heavy atom. The van der Waals surface area contributed by atoms with Crippen LogP contribution in [0.2, 0.25) is 5.02 Å². The number of anilines is 2. The first kappa shape index (κ1) is 20.2. The first-order valence-corrected chi connectivity index (χ1v) is 10.9. The normalized spacial score (nSPS) is 12.1.